The highest BCUT2D eigenvalue weighted by Crippen LogP contribution is 2.25. The van der Waals surface area contributed by atoms with Crippen LogP contribution in [0.5, 0.6) is 0 Å². The second-order valence-electron chi connectivity index (χ2n) is 4.93. The zero-order valence-corrected chi connectivity index (χ0v) is 10.2. The predicted octanol–water partition coefficient (Wildman–Crippen LogP) is 2.59. The molecule has 0 aliphatic heterocycles. The second-order valence-corrected chi connectivity index (χ2v) is 4.93. The molecular formula is C14H17F2NO. The number of rotatable bonds is 3. The number of hydrogen-bond acceptors (Lipinski definition) is 2. The van der Waals surface area contributed by atoms with E-state index in [1.807, 2.05) is 0 Å². The Kier molecular flexibility index (Phi) is 4.07. The fourth-order valence-electron chi connectivity index (χ4n) is 2.54. The van der Waals surface area contributed by atoms with E-state index >= 15 is 0 Å². The van der Waals surface area contributed by atoms with Crippen LogP contribution >= 0.6 is 0 Å². The zero-order valence-electron chi connectivity index (χ0n) is 10.2. The molecule has 98 valence electrons. The van der Waals surface area contributed by atoms with Crippen LogP contribution in [0.1, 0.15) is 31.2 Å². The first-order valence-electron chi connectivity index (χ1n) is 6.30. The summed E-state index contributed by atoms with van der Waals surface area (Å²) in [7, 11) is 0. The topological polar surface area (TPSA) is 43.1 Å². The third-order valence-electron chi connectivity index (χ3n) is 3.61. The summed E-state index contributed by atoms with van der Waals surface area (Å²) < 4.78 is 26.2. The van der Waals surface area contributed by atoms with Gasteiger partial charge in [0, 0.05) is 24.4 Å². The molecule has 1 aromatic rings. The molecule has 0 bridgehead atoms. The van der Waals surface area contributed by atoms with Crippen molar-refractivity contribution in [3.05, 3.63) is 35.4 Å². The summed E-state index contributed by atoms with van der Waals surface area (Å²) in [6.07, 6.45) is 3.68. The van der Waals surface area contributed by atoms with Crippen LogP contribution in [-0.2, 0) is 11.2 Å². The number of hydrogen-bond donors (Lipinski definition) is 1. The molecule has 1 aliphatic rings. The van der Waals surface area contributed by atoms with Crippen LogP contribution in [0.3, 0.4) is 0 Å². The maximum Gasteiger partial charge on any atom is 0.141 e. The van der Waals surface area contributed by atoms with E-state index in [0.29, 0.717) is 0 Å². The van der Waals surface area contributed by atoms with E-state index in [0.717, 1.165) is 31.7 Å². The summed E-state index contributed by atoms with van der Waals surface area (Å²) >= 11 is 0. The molecule has 0 saturated heterocycles. The molecule has 2 nitrogen and oxygen atoms in total. The first kappa shape index (κ1) is 13.1. The number of ketones is 1. The van der Waals surface area contributed by atoms with Gasteiger partial charge in [-0.15, -0.1) is 0 Å². The number of nitrogens with two attached hydrogens (primary N) is 1. The Morgan fingerprint density at radius 3 is 2.67 bits per heavy atom. The molecular weight excluding hydrogens is 236 g/mol. The quantitative estimate of drug-likeness (QED) is 0.899. The molecule has 2 rings (SSSR count). The lowest BCUT2D eigenvalue weighted by Gasteiger charge is -2.27. The number of halogens is 2. The van der Waals surface area contributed by atoms with E-state index in [1.54, 1.807) is 0 Å². The lowest BCUT2D eigenvalue weighted by Crippen LogP contribution is -2.38. The number of carbonyl (C=O) groups is 1. The van der Waals surface area contributed by atoms with Crippen molar-refractivity contribution in [1.82, 2.24) is 0 Å². The van der Waals surface area contributed by atoms with Gasteiger partial charge in [-0.3, -0.25) is 4.79 Å². The van der Waals surface area contributed by atoms with Crippen molar-refractivity contribution in [3.8, 4) is 0 Å². The van der Waals surface area contributed by atoms with E-state index < -0.39 is 11.6 Å². The maximum absolute atomic E-state index is 13.5. The number of Topliss-reactive ketones (excluding diaryl/α,β-unsaturated/α-hetero) is 1. The van der Waals surface area contributed by atoms with Gasteiger partial charge in [0.15, 0.2) is 0 Å². The average Bonchev–Trinajstić information content (AvgIpc) is 2.33. The van der Waals surface area contributed by atoms with Crippen LogP contribution < -0.4 is 5.73 Å². The third-order valence-corrected chi connectivity index (χ3v) is 3.61. The van der Waals surface area contributed by atoms with Crippen molar-refractivity contribution >= 4 is 5.78 Å². The average molecular weight is 253 g/mol. The molecule has 0 spiro atoms. The van der Waals surface area contributed by atoms with E-state index in [9.17, 15) is 13.6 Å². The minimum absolute atomic E-state index is 0.00444. The monoisotopic (exact) mass is 253 g/mol. The minimum Gasteiger partial charge on any atom is -0.327 e. The maximum atomic E-state index is 13.5. The summed E-state index contributed by atoms with van der Waals surface area (Å²) in [5, 5.41) is 0. The van der Waals surface area contributed by atoms with Gasteiger partial charge in [0.25, 0.3) is 0 Å². The molecule has 2 atom stereocenters. The smallest absolute Gasteiger partial charge is 0.141 e. The van der Waals surface area contributed by atoms with Crippen LogP contribution in [-0.4, -0.2) is 11.8 Å². The molecule has 1 aliphatic carbocycles. The SMILES string of the molecule is NC1CCCCC1C(=O)Cc1ccc(F)cc1F. The van der Waals surface area contributed by atoms with Gasteiger partial charge < -0.3 is 5.73 Å². The van der Waals surface area contributed by atoms with Crippen molar-refractivity contribution in [2.24, 2.45) is 11.7 Å². The van der Waals surface area contributed by atoms with E-state index in [-0.39, 0.29) is 29.7 Å². The number of benzene rings is 1. The van der Waals surface area contributed by atoms with Crippen molar-refractivity contribution in [2.45, 2.75) is 38.1 Å². The predicted molar refractivity (Wildman–Crippen MR) is 65.0 cm³/mol. The van der Waals surface area contributed by atoms with Gasteiger partial charge in [-0.25, -0.2) is 8.78 Å². The van der Waals surface area contributed by atoms with E-state index in [1.165, 1.54) is 12.1 Å². The summed E-state index contributed by atoms with van der Waals surface area (Å²) in [5.41, 5.74) is 6.17. The van der Waals surface area contributed by atoms with E-state index in [4.69, 9.17) is 5.73 Å². The normalized spacial score (nSPS) is 23.9. The molecule has 2 N–H and O–H groups in total. The van der Waals surface area contributed by atoms with Gasteiger partial charge in [-0.2, -0.15) is 0 Å². The number of carbonyl (C=O) groups excluding carboxylic acids is 1. The molecule has 0 aromatic heterocycles. The highest BCUT2D eigenvalue weighted by atomic mass is 19.1. The molecule has 0 amide bonds. The van der Waals surface area contributed by atoms with Crippen LogP contribution in [0.15, 0.2) is 18.2 Å². The Morgan fingerprint density at radius 1 is 1.28 bits per heavy atom. The van der Waals surface area contributed by atoms with Crippen molar-refractivity contribution in [3.63, 3.8) is 0 Å². The lowest BCUT2D eigenvalue weighted by atomic mass is 9.80. The fourth-order valence-corrected chi connectivity index (χ4v) is 2.54. The summed E-state index contributed by atoms with van der Waals surface area (Å²) in [6, 6.07) is 3.20. The van der Waals surface area contributed by atoms with Gasteiger partial charge in [0.05, 0.1) is 0 Å². The van der Waals surface area contributed by atoms with Crippen molar-refractivity contribution in [2.75, 3.05) is 0 Å². The molecule has 1 aromatic carbocycles. The fraction of sp³-hybridized carbons (Fsp3) is 0.500. The Labute approximate surface area is 105 Å². The third kappa shape index (κ3) is 2.93. The van der Waals surface area contributed by atoms with Crippen LogP contribution in [0.2, 0.25) is 0 Å². The Hall–Kier alpha value is -1.29. The summed E-state index contributed by atoms with van der Waals surface area (Å²) in [6.45, 7) is 0. The Morgan fingerprint density at radius 2 is 2.00 bits per heavy atom. The largest absolute Gasteiger partial charge is 0.327 e. The second kappa shape index (κ2) is 5.57. The molecule has 0 radical (unpaired) electrons. The van der Waals surface area contributed by atoms with Crippen LogP contribution in [0.25, 0.3) is 0 Å². The molecule has 0 heterocycles. The molecule has 1 fully saturated rings. The van der Waals surface area contributed by atoms with Gasteiger partial charge in [-0.1, -0.05) is 18.9 Å². The Balaban J connectivity index is 2.06. The molecule has 2 unspecified atom stereocenters. The highest BCUT2D eigenvalue weighted by molar-refractivity contribution is 5.84. The van der Waals surface area contributed by atoms with Crippen LogP contribution in [0, 0.1) is 17.6 Å². The zero-order chi connectivity index (χ0) is 13.1. The van der Waals surface area contributed by atoms with Gasteiger partial charge in [0.2, 0.25) is 0 Å². The van der Waals surface area contributed by atoms with Crippen molar-refractivity contribution in [1.29, 1.82) is 0 Å². The summed E-state index contributed by atoms with van der Waals surface area (Å²) in [5.74, 6) is -1.50. The highest BCUT2D eigenvalue weighted by Gasteiger charge is 2.28. The van der Waals surface area contributed by atoms with Crippen molar-refractivity contribution < 1.29 is 13.6 Å². The van der Waals surface area contributed by atoms with Crippen LogP contribution in [0.4, 0.5) is 8.78 Å². The Bertz CT molecular complexity index is 447. The first-order chi connectivity index (χ1) is 8.58. The first-order valence-corrected chi connectivity index (χ1v) is 6.30. The van der Waals surface area contributed by atoms with E-state index in [2.05, 4.69) is 0 Å². The van der Waals surface area contributed by atoms with Gasteiger partial charge in [-0.05, 0) is 24.5 Å². The lowest BCUT2D eigenvalue weighted by molar-refractivity contribution is -0.123. The molecule has 18 heavy (non-hydrogen) atoms. The molecule has 1 saturated carbocycles. The van der Waals surface area contributed by atoms with Gasteiger partial charge in [0.1, 0.15) is 17.4 Å². The summed E-state index contributed by atoms with van der Waals surface area (Å²) in [4.78, 5) is 12.1. The standard InChI is InChI=1S/C14H17F2NO/c15-10-6-5-9(12(16)8-10)7-14(18)11-3-1-2-4-13(11)17/h5-6,8,11,13H,1-4,7,17H2. The minimum atomic E-state index is -0.660. The van der Waals surface area contributed by atoms with Gasteiger partial charge >= 0.3 is 0 Å². The molecule has 4 heteroatoms.